The van der Waals surface area contributed by atoms with Gasteiger partial charge >= 0.3 is 0 Å². The van der Waals surface area contributed by atoms with Crippen molar-refractivity contribution in [1.82, 2.24) is 5.32 Å². The smallest absolute Gasteiger partial charge is 0.0526 e. The van der Waals surface area contributed by atoms with Gasteiger partial charge in [0.25, 0.3) is 0 Å². The van der Waals surface area contributed by atoms with Crippen LogP contribution in [-0.2, 0) is 0 Å². The minimum absolute atomic E-state index is 0.173. The Morgan fingerprint density at radius 2 is 2.08 bits per heavy atom. The quantitative estimate of drug-likeness (QED) is 0.635. The number of aliphatic hydroxyl groups is 1. The molecule has 2 N–H and O–H groups in total. The average molecular weight is 171 g/mol. The summed E-state index contributed by atoms with van der Waals surface area (Å²) in [7, 11) is 0. The SMILES string of the molecule is CC(O)CC(C)NCCC1CC1. The highest BCUT2D eigenvalue weighted by Gasteiger charge is 2.20. The van der Waals surface area contributed by atoms with E-state index in [4.69, 9.17) is 5.11 Å². The first-order valence-electron chi connectivity index (χ1n) is 5.10. The molecule has 72 valence electrons. The summed E-state index contributed by atoms with van der Waals surface area (Å²) >= 11 is 0. The van der Waals surface area contributed by atoms with E-state index in [-0.39, 0.29) is 6.10 Å². The summed E-state index contributed by atoms with van der Waals surface area (Å²) in [5, 5.41) is 12.5. The van der Waals surface area contributed by atoms with E-state index >= 15 is 0 Å². The number of hydrogen-bond acceptors (Lipinski definition) is 2. The molecule has 2 heteroatoms. The Balaban J connectivity index is 1.89. The van der Waals surface area contributed by atoms with Gasteiger partial charge in [-0.05, 0) is 39.2 Å². The first-order chi connectivity index (χ1) is 5.68. The highest BCUT2D eigenvalue weighted by atomic mass is 16.3. The van der Waals surface area contributed by atoms with E-state index in [9.17, 15) is 0 Å². The Labute approximate surface area is 75.4 Å². The largest absolute Gasteiger partial charge is 0.393 e. The predicted octanol–water partition coefficient (Wildman–Crippen LogP) is 1.54. The third-order valence-electron chi connectivity index (χ3n) is 2.44. The molecule has 1 aliphatic carbocycles. The van der Waals surface area contributed by atoms with Gasteiger partial charge in [-0.2, -0.15) is 0 Å². The molecule has 2 atom stereocenters. The lowest BCUT2D eigenvalue weighted by Crippen LogP contribution is -2.30. The molecule has 0 aromatic heterocycles. The lowest BCUT2D eigenvalue weighted by Gasteiger charge is -2.14. The van der Waals surface area contributed by atoms with Gasteiger partial charge in [-0.1, -0.05) is 12.8 Å². The van der Waals surface area contributed by atoms with Crippen LogP contribution >= 0.6 is 0 Å². The van der Waals surface area contributed by atoms with Crippen molar-refractivity contribution in [3.8, 4) is 0 Å². The topological polar surface area (TPSA) is 32.3 Å². The average Bonchev–Trinajstić information content (AvgIpc) is 2.69. The molecule has 1 rings (SSSR count). The van der Waals surface area contributed by atoms with Crippen molar-refractivity contribution in [2.24, 2.45) is 5.92 Å². The summed E-state index contributed by atoms with van der Waals surface area (Å²) in [6.07, 6.45) is 4.89. The van der Waals surface area contributed by atoms with Gasteiger partial charge in [0.15, 0.2) is 0 Å². The van der Waals surface area contributed by atoms with E-state index in [0.717, 1.165) is 18.9 Å². The molecule has 0 aromatic carbocycles. The van der Waals surface area contributed by atoms with E-state index in [2.05, 4.69) is 12.2 Å². The zero-order chi connectivity index (χ0) is 8.97. The Kier molecular flexibility index (Phi) is 4.02. The van der Waals surface area contributed by atoms with E-state index in [0.29, 0.717) is 6.04 Å². The van der Waals surface area contributed by atoms with Crippen molar-refractivity contribution in [3.63, 3.8) is 0 Å². The standard InChI is InChI=1S/C10H21NO/c1-8(7-9(2)12)11-6-5-10-3-4-10/h8-12H,3-7H2,1-2H3. The fourth-order valence-corrected chi connectivity index (χ4v) is 1.54. The van der Waals surface area contributed by atoms with Crippen LogP contribution in [0.4, 0.5) is 0 Å². The van der Waals surface area contributed by atoms with Crippen molar-refractivity contribution in [2.75, 3.05) is 6.54 Å². The summed E-state index contributed by atoms with van der Waals surface area (Å²) in [6, 6.07) is 0.462. The van der Waals surface area contributed by atoms with Gasteiger partial charge in [0.05, 0.1) is 6.10 Å². The predicted molar refractivity (Wildman–Crippen MR) is 51.1 cm³/mol. The summed E-state index contributed by atoms with van der Waals surface area (Å²) in [5.41, 5.74) is 0. The second-order valence-electron chi connectivity index (χ2n) is 4.17. The monoisotopic (exact) mass is 171 g/mol. The van der Waals surface area contributed by atoms with Gasteiger partial charge < -0.3 is 10.4 Å². The second kappa shape index (κ2) is 4.83. The second-order valence-corrected chi connectivity index (χ2v) is 4.17. The van der Waals surface area contributed by atoms with Crippen molar-refractivity contribution in [1.29, 1.82) is 0 Å². The van der Waals surface area contributed by atoms with Crippen LogP contribution in [0.15, 0.2) is 0 Å². The first-order valence-corrected chi connectivity index (χ1v) is 5.10. The maximum Gasteiger partial charge on any atom is 0.0526 e. The van der Waals surface area contributed by atoms with Gasteiger partial charge in [0.1, 0.15) is 0 Å². The molecule has 0 heterocycles. The third kappa shape index (κ3) is 4.73. The Morgan fingerprint density at radius 1 is 1.42 bits per heavy atom. The molecule has 0 amide bonds. The molecular formula is C10H21NO. The van der Waals surface area contributed by atoms with Gasteiger partial charge in [0, 0.05) is 6.04 Å². The fourth-order valence-electron chi connectivity index (χ4n) is 1.54. The van der Waals surface area contributed by atoms with Gasteiger partial charge in [0.2, 0.25) is 0 Å². The number of aliphatic hydroxyl groups excluding tert-OH is 1. The van der Waals surface area contributed by atoms with Crippen molar-refractivity contribution in [2.45, 2.75) is 51.7 Å². The van der Waals surface area contributed by atoms with Crippen molar-refractivity contribution in [3.05, 3.63) is 0 Å². The lowest BCUT2D eigenvalue weighted by molar-refractivity contribution is 0.170. The molecule has 2 unspecified atom stereocenters. The molecule has 2 nitrogen and oxygen atoms in total. The molecular weight excluding hydrogens is 150 g/mol. The van der Waals surface area contributed by atoms with E-state index in [1.165, 1.54) is 19.3 Å². The van der Waals surface area contributed by atoms with Gasteiger partial charge in [-0.25, -0.2) is 0 Å². The first kappa shape index (κ1) is 10.0. The molecule has 0 aliphatic heterocycles. The number of rotatable bonds is 6. The van der Waals surface area contributed by atoms with Crippen LogP contribution in [0.3, 0.4) is 0 Å². The normalized spacial score (nSPS) is 22.2. The summed E-state index contributed by atoms with van der Waals surface area (Å²) in [6.45, 7) is 5.11. The Bertz CT molecular complexity index is 121. The van der Waals surface area contributed by atoms with Crippen LogP contribution in [0.2, 0.25) is 0 Å². The van der Waals surface area contributed by atoms with E-state index < -0.39 is 0 Å². The van der Waals surface area contributed by atoms with Crippen molar-refractivity contribution >= 4 is 0 Å². The third-order valence-corrected chi connectivity index (χ3v) is 2.44. The maximum atomic E-state index is 9.10. The molecule has 1 saturated carbocycles. The van der Waals surface area contributed by atoms with Crippen molar-refractivity contribution < 1.29 is 5.11 Å². The molecule has 0 aromatic rings. The van der Waals surface area contributed by atoms with Crippen LogP contribution in [0, 0.1) is 5.92 Å². The highest BCUT2D eigenvalue weighted by Crippen LogP contribution is 2.31. The Morgan fingerprint density at radius 3 is 2.58 bits per heavy atom. The fraction of sp³-hybridized carbons (Fsp3) is 1.00. The van der Waals surface area contributed by atoms with Crippen LogP contribution in [-0.4, -0.2) is 23.8 Å². The number of nitrogens with one attached hydrogen (secondary N) is 1. The van der Waals surface area contributed by atoms with Crippen LogP contribution in [0.5, 0.6) is 0 Å². The minimum atomic E-state index is -0.173. The molecule has 0 spiro atoms. The summed E-state index contributed by atoms with van der Waals surface area (Å²) < 4.78 is 0. The number of hydrogen-bond donors (Lipinski definition) is 2. The molecule has 0 bridgehead atoms. The molecule has 0 radical (unpaired) electrons. The Hall–Kier alpha value is -0.0800. The molecule has 0 saturated heterocycles. The molecule has 1 aliphatic rings. The van der Waals surface area contributed by atoms with E-state index in [1.807, 2.05) is 6.92 Å². The van der Waals surface area contributed by atoms with Crippen LogP contribution in [0.25, 0.3) is 0 Å². The summed E-state index contributed by atoms with van der Waals surface area (Å²) in [4.78, 5) is 0. The molecule has 12 heavy (non-hydrogen) atoms. The zero-order valence-electron chi connectivity index (χ0n) is 8.21. The maximum absolute atomic E-state index is 9.10. The minimum Gasteiger partial charge on any atom is -0.393 e. The van der Waals surface area contributed by atoms with Crippen LogP contribution < -0.4 is 5.32 Å². The van der Waals surface area contributed by atoms with Crippen LogP contribution in [0.1, 0.15) is 39.5 Å². The van der Waals surface area contributed by atoms with Gasteiger partial charge in [-0.15, -0.1) is 0 Å². The molecule has 1 fully saturated rings. The zero-order valence-corrected chi connectivity index (χ0v) is 8.21. The summed E-state index contributed by atoms with van der Waals surface area (Å²) in [5.74, 6) is 1.01. The lowest BCUT2D eigenvalue weighted by atomic mass is 10.1. The van der Waals surface area contributed by atoms with Gasteiger partial charge in [-0.3, -0.25) is 0 Å². The van der Waals surface area contributed by atoms with E-state index in [1.54, 1.807) is 0 Å². The highest BCUT2D eigenvalue weighted by molar-refractivity contribution is 4.74.